The lowest BCUT2D eigenvalue weighted by Gasteiger charge is -2.21. The van der Waals surface area contributed by atoms with Crippen molar-refractivity contribution < 1.29 is 32.4 Å². The highest BCUT2D eigenvalue weighted by molar-refractivity contribution is 5.95. The topological polar surface area (TPSA) is 90.7 Å². The zero-order chi connectivity index (χ0) is 17.5. The van der Waals surface area contributed by atoms with E-state index in [1.165, 1.54) is 24.3 Å². The average Bonchev–Trinajstić information content (AvgIpc) is 2.51. The maximum Gasteiger partial charge on any atom is 0.471 e. The average molecular weight is 340 g/mol. The van der Waals surface area contributed by atoms with Gasteiger partial charge in [0.15, 0.2) is 23.0 Å². The molecular weight excluding hydrogens is 333 g/mol. The number of benzene rings is 2. The van der Waals surface area contributed by atoms with Crippen LogP contribution in [0.2, 0.25) is 0 Å². The van der Waals surface area contributed by atoms with E-state index in [-0.39, 0.29) is 34.4 Å². The maximum absolute atomic E-state index is 12.3. The van der Waals surface area contributed by atoms with Gasteiger partial charge in [-0.25, -0.2) is 0 Å². The first-order chi connectivity index (χ1) is 11.2. The van der Waals surface area contributed by atoms with Gasteiger partial charge in [0, 0.05) is 17.8 Å². The number of halogens is 3. The second-order valence-corrected chi connectivity index (χ2v) is 4.71. The van der Waals surface area contributed by atoms with Crippen molar-refractivity contribution in [3.63, 3.8) is 0 Å². The van der Waals surface area contributed by atoms with Gasteiger partial charge in [0.05, 0.1) is 11.0 Å². The molecular formula is C14H7F3N2O5. The molecule has 0 aliphatic carbocycles. The standard InChI is InChI=1S/C14H7F3N2O5/c15-14(16,17)13(20)18-7-1-3-9-11(5-7)23-10-4-2-8(19(21)22)6-12(10)24-9/h1-6H,(H,18,20). The Morgan fingerprint density at radius 3 is 2.17 bits per heavy atom. The van der Waals surface area contributed by atoms with Crippen LogP contribution in [-0.2, 0) is 4.79 Å². The fourth-order valence-electron chi connectivity index (χ4n) is 1.96. The van der Waals surface area contributed by atoms with Gasteiger partial charge >= 0.3 is 12.1 Å². The summed E-state index contributed by atoms with van der Waals surface area (Å²) in [6.07, 6.45) is -5.02. The van der Waals surface area contributed by atoms with Crippen molar-refractivity contribution in [1.82, 2.24) is 0 Å². The first kappa shape index (κ1) is 15.6. The molecule has 0 atom stereocenters. The summed E-state index contributed by atoms with van der Waals surface area (Å²) in [5.74, 6) is -1.64. The van der Waals surface area contributed by atoms with Crippen LogP contribution in [0, 0.1) is 10.1 Å². The molecule has 0 unspecified atom stereocenters. The number of nitro groups is 1. The molecule has 10 heteroatoms. The summed E-state index contributed by atoms with van der Waals surface area (Å²) < 4.78 is 47.6. The normalized spacial score (nSPS) is 12.3. The lowest BCUT2D eigenvalue weighted by Crippen LogP contribution is -2.29. The lowest BCUT2D eigenvalue weighted by molar-refractivity contribution is -0.384. The fraction of sp³-hybridized carbons (Fsp3) is 0.0714. The van der Waals surface area contributed by atoms with Gasteiger partial charge in [-0.05, 0) is 18.2 Å². The number of amides is 1. The highest BCUT2D eigenvalue weighted by Crippen LogP contribution is 2.47. The van der Waals surface area contributed by atoms with Gasteiger partial charge in [-0.2, -0.15) is 13.2 Å². The summed E-state index contributed by atoms with van der Waals surface area (Å²) in [6.45, 7) is 0. The van der Waals surface area contributed by atoms with Crippen LogP contribution in [0.4, 0.5) is 24.5 Å². The Hall–Kier alpha value is -3.30. The van der Waals surface area contributed by atoms with Crippen LogP contribution in [0.15, 0.2) is 36.4 Å². The third-order valence-corrected chi connectivity index (χ3v) is 3.04. The van der Waals surface area contributed by atoms with Crippen molar-refractivity contribution in [1.29, 1.82) is 0 Å². The second kappa shape index (κ2) is 5.41. The Balaban J connectivity index is 1.86. The quantitative estimate of drug-likeness (QED) is 0.562. The number of anilines is 1. The van der Waals surface area contributed by atoms with Crippen LogP contribution < -0.4 is 14.8 Å². The summed E-state index contributed by atoms with van der Waals surface area (Å²) >= 11 is 0. The van der Waals surface area contributed by atoms with Crippen molar-refractivity contribution in [2.45, 2.75) is 6.18 Å². The minimum atomic E-state index is -5.02. The molecule has 1 N–H and O–H groups in total. The fourth-order valence-corrected chi connectivity index (χ4v) is 1.96. The molecule has 0 fully saturated rings. The van der Waals surface area contributed by atoms with Crippen molar-refractivity contribution in [3.8, 4) is 23.0 Å². The third-order valence-electron chi connectivity index (χ3n) is 3.04. The van der Waals surface area contributed by atoms with E-state index in [9.17, 15) is 28.1 Å². The number of hydrogen-bond acceptors (Lipinski definition) is 5. The summed E-state index contributed by atoms with van der Waals surface area (Å²) in [4.78, 5) is 21.1. The number of hydrogen-bond donors (Lipinski definition) is 1. The SMILES string of the molecule is O=C(Nc1ccc2c(c1)Oc1ccc([N+](=O)[O-])cc1O2)C(F)(F)F. The van der Waals surface area contributed by atoms with Crippen LogP contribution in [0.25, 0.3) is 0 Å². The number of non-ortho nitro benzene ring substituents is 1. The summed E-state index contributed by atoms with van der Waals surface area (Å²) in [6, 6.07) is 7.29. The van der Waals surface area contributed by atoms with Crippen molar-refractivity contribution >= 4 is 17.3 Å². The van der Waals surface area contributed by atoms with Gasteiger partial charge in [0.1, 0.15) is 0 Å². The van der Waals surface area contributed by atoms with Crippen molar-refractivity contribution in [2.75, 3.05) is 5.32 Å². The minimum absolute atomic E-state index is 0.0660. The number of alkyl halides is 3. The zero-order valence-corrected chi connectivity index (χ0v) is 11.6. The summed E-state index contributed by atoms with van der Waals surface area (Å²) in [5.41, 5.74) is -0.333. The molecule has 1 aliphatic heterocycles. The summed E-state index contributed by atoms with van der Waals surface area (Å²) in [5, 5.41) is 12.4. The van der Waals surface area contributed by atoms with Crippen LogP contribution >= 0.6 is 0 Å². The largest absolute Gasteiger partial charge is 0.471 e. The molecule has 1 aliphatic rings. The van der Waals surface area contributed by atoms with E-state index in [1.54, 1.807) is 5.32 Å². The second-order valence-electron chi connectivity index (χ2n) is 4.71. The van der Waals surface area contributed by atoms with Gasteiger partial charge in [-0.1, -0.05) is 0 Å². The molecule has 1 amide bonds. The number of nitro benzene ring substituents is 1. The monoisotopic (exact) mass is 340 g/mol. The van der Waals surface area contributed by atoms with E-state index in [0.717, 1.165) is 12.1 Å². The van der Waals surface area contributed by atoms with E-state index in [1.807, 2.05) is 0 Å². The molecule has 0 saturated carbocycles. The predicted molar refractivity (Wildman–Crippen MR) is 74.4 cm³/mol. The number of fused-ring (bicyclic) bond motifs is 2. The molecule has 124 valence electrons. The Morgan fingerprint density at radius 2 is 1.58 bits per heavy atom. The molecule has 0 bridgehead atoms. The van der Waals surface area contributed by atoms with E-state index >= 15 is 0 Å². The van der Waals surface area contributed by atoms with E-state index in [2.05, 4.69) is 0 Å². The first-order valence-electron chi connectivity index (χ1n) is 6.40. The van der Waals surface area contributed by atoms with Gasteiger partial charge in [0.2, 0.25) is 0 Å². The Morgan fingerprint density at radius 1 is 1.00 bits per heavy atom. The van der Waals surface area contributed by atoms with E-state index in [4.69, 9.17) is 9.47 Å². The maximum atomic E-state index is 12.3. The molecule has 2 aromatic carbocycles. The minimum Gasteiger partial charge on any atom is -0.449 e. The molecule has 3 rings (SSSR count). The predicted octanol–water partition coefficient (Wildman–Crippen LogP) is 3.99. The van der Waals surface area contributed by atoms with Gasteiger partial charge in [-0.15, -0.1) is 0 Å². The molecule has 24 heavy (non-hydrogen) atoms. The van der Waals surface area contributed by atoms with E-state index < -0.39 is 17.0 Å². The van der Waals surface area contributed by atoms with Crippen molar-refractivity contribution in [3.05, 3.63) is 46.5 Å². The van der Waals surface area contributed by atoms with Gasteiger partial charge in [-0.3, -0.25) is 14.9 Å². The highest BCUT2D eigenvalue weighted by Gasteiger charge is 2.38. The molecule has 1 heterocycles. The lowest BCUT2D eigenvalue weighted by atomic mass is 10.2. The molecule has 0 radical (unpaired) electrons. The molecule has 7 nitrogen and oxygen atoms in total. The molecule has 0 spiro atoms. The summed E-state index contributed by atoms with van der Waals surface area (Å²) in [7, 11) is 0. The highest BCUT2D eigenvalue weighted by atomic mass is 19.4. The van der Waals surface area contributed by atoms with Crippen LogP contribution in [0.1, 0.15) is 0 Å². The molecule has 2 aromatic rings. The molecule has 0 aromatic heterocycles. The van der Waals surface area contributed by atoms with Crippen LogP contribution in [0.3, 0.4) is 0 Å². The number of ether oxygens (including phenoxy) is 2. The third kappa shape index (κ3) is 2.93. The zero-order valence-electron chi connectivity index (χ0n) is 11.6. The number of nitrogens with one attached hydrogen (secondary N) is 1. The Labute approximate surface area is 131 Å². The van der Waals surface area contributed by atoms with E-state index in [0.29, 0.717) is 0 Å². The Kier molecular flexibility index (Phi) is 3.51. The number of rotatable bonds is 2. The van der Waals surface area contributed by atoms with Crippen molar-refractivity contribution in [2.24, 2.45) is 0 Å². The number of carbonyl (C=O) groups is 1. The number of nitrogens with zero attached hydrogens (tertiary/aromatic N) is 1. The molecule has 0 saturated heterocycles. The number of carbonyl (C=O) groups excluding carboxylic acids is 1. The van der Waals surface area contributed by atoms with Crippen LogP contribution in [-0.4, -0.2) is 17.0 Å². The Bertz CT molecular complexity index is 851. The van der Waals surface area contributed by atoms with Gasteiger partial charge in [0.25, 0.3) is 5.69 Å². The van der Waals surface area contributed by atoms with Crippen LogP contribution in [0.5, 0.6) is 23.0 Å². The first-order valence-corrected chi connectivity index (χ1v) is 6.40. The van der Waals surface area contributed by atoms with Gasteiger partial charge < -0.3 is 14.8 Å². The smallest absolute Gasteiger partial charge is 0.449 e.